The van der Waals surface area contributed by atoms with E-state index in [4.69, 9.17) is 5.26 Å². The number of hydrogen-bond acceptors (Lipinski definition) is 2. The standard InChI is InChI=1S/C16H15FN2/c1-12-5-6-14(11-18)16(9-12)19-8-7-13-3-2-4-15(17)10-13/h2-6,9-10,19H,7-8H2,1H3. The Morgan fingerprint density at radius 1 is 1.21 bits per heavy atom. The number of rotatable bonds is 4. The van der Waals surface area contributed by atoms with Crippen LogP contribution < -0.4 is 5.32 Å². The first-order chi connectivity index (χ1) is 9.19. The molecule has 2 rings (SSSR count). The number of anilines is 1. The molecule has 0 spiro atoms. The maximum atomic E-state index is 13.0. The summed E-state index contributed by atoms with van der Waals surface area (Å²) in [5.74, 6) is -0.217. The fourth-order valence-corrected chi connectivity index (χ4v) is 1.94. The van der Waals surface area contributed by atoms with E-state index in [9.17, 15) is 4.39 Å². The van der Waals surface area contributed by atoms with Gasteiger partial charge in [0.25, 0.3) is 0 Å². The van der Waals surface area contributed by atoms with E-state index in [1.807, 2.05) is 25.1 Å². The van der Waals surface area contributed by atoms with E-state index in [0.717, 1.165) is 23.2 Å². The molecule has 0 aliphatic carbocycles. The van der Waals surface area contributed by atoms with Crippen LogP contribution in [-0.4, -0.2) is 6.54 Å². The summed E-state index contributed by atoms with van der Waals surface area (Å²) in [5.41, 5.74) is 3.51. The van der Waals surface area contributed by atoms with E-state index in [-0.39, 0.29) is 5.82 Å². The van der Waals surface area contributed by atoms with Crippen LogP contribution in [0.25, 0.3) is 0 Å². The Kier molecular flexibility index (Phi) is 4.15. The van der Waals surface area contributed by atoms with Crippen molar-refractivity contribution >= 4 is 5.69 Å². The van der Waals surface area contributed by atoms with E-state index in [1.165, 1.54) is 12.1 Å². The lowest BCUT2D eigenvalue weighted by atomic mass is 10.1. The van der Waals surface area contributed by atoms with Gasteiger partial charge in [0, 0.05) is 6.54 Å². The summed E-state index contributed by atoms with van der Waals surface area (Å²) in [7, 11) is 0. The quantitative estimate of drug-likeness (QED) is 0.903. The molecule has 19 heavy (non-hydrogen) atoms. The van der Waals surface area contributed by atoms with Crippen LogP contribution in [0.3, 0.4) is 0 Å². The molecule has 0 aliphatic rings. The van der Waals surface area contributed by atoms with Crippen molar-refractivity contribution < 1.29 is 4.39 Å². The molecule has 0 aromatic heterocycles. The first kappa shape index (κ1) is 13.1. The average molecular weight is 254 g/mol. The van der Waals surface area contributed by atoms with Crippen molar-refractivity contribution in [1.82, 2.24) is 0 Å². The molecule has 0 atom stereocenters. The number of hydrogen-bond donors (Lipinski definition) is 1. The molecule has 0 amide bonds. The van der Waals surface area contributed by atoms with Gasteiger partial charge in [-0.1, -0.05) is 18.2 Å². The van der Waals surface area contributed by atoms with Crippen molar-refractivity contribution in [3.63, 3.8) is 0 Å². The molecule has 0 saturated heterocycles. The highest BCUT2D eigenvalue weighted by atomic mass is 19.1. The van der Waals surface area contributed by atoms with Crippen molar-refractivity contribution in [2.75, 3.05) is 11.9 Å². The van der Waals surface area contributed by atoms with Crippen molar-refractivity contribution in [3.05, 3.63) is 65.0 Å². The number of benzene rings is 2. The molecule has 2 nitrogen and oxygen atoms in total. The highest BCUT2D eigenvalue weighted by Gasteiger charge is 2.02. The number of nitrogens with one attached hydrogen (secondary N) is 1. The van der Waals surface area contributed by atoms with Crippen molar-refractivity contribution in [2.45, 2.75) is 13.3 Å². The van der Waals surface area contributed by atoms with Crippen LogP contribution >= 0.6 is 0 Å². The minimum Gasteiger partial charge on any atom is -0.384 e. The molecular formula is C16H15FN2. The molecule has 0 bridgehead atoms. The third-order valence-electron chi connectivity index (χ3n) is 2.91. The highest BCUT2D eigenvalue weighted by Crippen LogP contribution is 2.16. The second-order valence-corrected chi connectivity index (χ2v) is 4.47. The smallest absolute Gasteiger partial charge is 0.123 e. The average Bonchev–Trinajstić information content (AvgIpc) is 2.39. The monoisotopic (exact) mass is 254 g/mol. The van der Waals surface area contributed by atoms with E-state index in [2.05, 4.69) is 11.4 Å². The van der Waals surface area contributed by atoms with Gasteiger partial charge >= 0.3 is 0 Å². The molecule has 2 aromatic carbocycles. The first-order valence-corrected chi connectivity index (χ1v) is 6.18. The van der Waals surface area contributed by atoms with Crippen LogP contribution in [0.15, 0.2) is 42.5 Å². The number of aryl methyl sites for hydroxylation is 1. The summed E-state index contributed by atoms with van der Waals surface area (Å²) in [4.78, 5) is 0. The minimum atomic E-state index is -0.217. The maximum absolute atomic E-state index is 13.0. The summed E-state index contributed by atoms with van der Waals surface area (Å²) in [6.45, 7) is 2.65. The zero-order chi connectivity index (χ0) is 13.7. The molecule has 0 aliphatic heterocycles. The van der Waals surface area contributed by atoms with E-state index < -0.39 is 0 Å². The second kappa shape index (κ2) is 6.01. The van der Waals surface area contributed by atoms with Gasteiger partial charge in [0.05, 0.1) is 11.3 Å². The lowest BCUT2D eigenvalue weighted by molar-refractivity contribution is 0.625. The Bertz CT molecular complexity index is 614. The fourth-order valence-electron chi connectivity index (χ4n) is 1.94. The Balaban J connectivity index is 2.00. The van der Waals surface area contributed by atoms with Gasteiger partial charge in [0.2, 0.25) is 0 Å². The molecule has 1 N–H and O–H groups in total. The van der Waals surface area contributed by atoms with Gasteiger partial charge in [0.1, 0.15) is 11.9 Å². The van der Waals surface area contributed by atoms with Crippen LogP contribution in [0, 0.1) is 24.1 Å². The minimum absolute atomic E-state index is 0.217. The summed E-state index contributed by atoms with van der Waals surface area (Å²) < 4.78 is 13.0. The second-order valence-electron chi connectivity index (χ2n) is 4.47. The SMILES string of the molecule is Cc1ccc(C#N)c(NCCc2cccc(F)c2)c1. The van der Waals surface area contributed by atoms with Crippen molar-refractivity contribution in [2.24, 2.45) is 0 Å². The van der Waals surface area contributed by atoms with Crippen LogP contribution in [0.1, 0.15) is 16.7 Å². The zero-order valence-electron chi connectivity index (χ0n) is 10.8. The summed E-state index contributed by atoms with van der Waals surface area (Å²) in [6, 6.07) is 14.4. The number of nitrogens with zero attached hydrogens (tertiary/aromatic N) is 1. The van der Waals surface area contributed by atoms with Gasteiger partial charge in [-0.15, -0.1) is 0 Å². The third-order valence-corrected chi connectivity index (χ3v) is 2.91. The Morgan fingerprint density at radius 3 is 2.79 bits per heavy atom. The molecule has 2 aromatic rings. The Morgan fingerprint density at radius 2 is 2.05 bits per heavy atom. The molecule has 3 heteroatoms. The fraction of sp³-hybridized carbons (Fsp3) is 0.188. The number of nitriles is 1. The van der Waals surface area contributed by atoms with Crippen LogP contribution in [0.5, 0.6) is 0 Å². The summed E-state index contributed by atoms with van der Waals surface area (Å²) >= 11 is 0. The highest BCUT2D eigenvalue weighted by molar-refractivity contribution is 5.58. The summed E-state index contributed by atoms with van der Waals surface area (Å²) in [6.07, 6.45) is 0.719. The molecule has 0 saturated carbocycles. The molecule has 96 valence electrons. The summed E-state index contributed by atoms with van der Waals surface area (Å²) in [5, 5.41) is 12.3. The number of halogens is 1. The Hall–Kier alpha value is -2.34. The van der Waals surface area contributed by atoms with Gasteiger partial charge in [-0.3, -0.25) is 0 Å². The van der Waals surface area contributed by atoms with E-state index in [0.29, 0.717) is 12.1 Å². The van der Waals surface area contributed by atoms with Crippen LogP contribution in [0.4, 0.5) is 10.1 Å². The normalized spacial score (nSPS) is 9.95. The van der Waals surface area contributed by atoms with Crippen molar-refractivity contribution in [3.8, 4) is 6.07 Å². The molecule has 0 fully saturated rings. The van der Waals surface area contributed by atoms with Gasteiger partial charge in [-0.05, 0) is 48.7 Å². The predicted molar refractivity (Wildman–Crippen MR) is 74.5 cm³/mol. The molecular weight excluding hydrogens is 239 g/mol. The zero-order valence-corrected chi connectivity index (χ0v) is 10.8. The topological polar surface area (TPSA) is 35.8 Å². The van der Waals surface area contributed by atoms with Crippen LogP contribution in [-0.2, 0) is 6.42 Å². The van der Waals surface area contributed by atoms with Gasteiger partial charge in [-0.2, -0.15) is 5.26 Å². The third kappa shape index (κ3) is 3.56. The lowest BCUT2D eigenvalue weighted by Crippen LogP contribution is -2.06. The first-order valence-electron chi connectivity index (χ1n) is 6.18. The van der Waals surface area contributed by atoms with Gasteiger partial charge in [0.15, 0.2) is 0 Å². The molecule has 0 radical (unpaired) electrons. The van der Waals surface area contributed by atoms with Crippen LogP contribution in [0.2, 0.25) is 0 Å². The molecule has 0 heterocycles. The Labute approximate surface area is 112 Å². The molecule has 0 unspecified atom stereocenters. The lowest BCUT2D eigenvalue weighted by Gasteiger charge is -2.09. The van der Waals surface area contributed by atoms with E-state index >= 15 is 0 Å². The maximum Gasteiger partial charge on any atom is 0.123 e. The van der Waals surface area contributed by atoms with Crippen molar-refractivity contribution in [1.29, 1.82) is 5.26 Å². The largest absolute Gasteiger partial charge is 0.384 e. The van der Waals surface area contributed by atoms with Gasteiger partial charge < -0.3 is 5.32 Å². The van der Waals surface area contributed by atoms with Gasteiger partial charge in [-0.25, -0.2) is 4.39 Å². The van der Waals surface area contributed by atoms with E-state index in [1.54, 1.807) is 12.1 Å². The predicted octanol–water partition coefficient (Wildman–Crippen LogP) is 3.66.